The molecule has 1 fully saturated rings. The summed E-state index contributed by atoms with van der Waals surface area (Å²) in [5, 5.41) is 1.61. The third-order valence-electron chi connectivity index (χ3n) is 6.84. The normalized spacial score (nSPS) is 16.8. The molecule has 3 heterocycles. The number of likely N-dealkylation sites (N-methyl/N-ethyl adjacent to an activating group) is 1. The van der Waals surface area contributed by atoms with Crippen molar-refractivity contribution in [2.24, 2.45) is 0 Å². The molecule has 6 nitrogen and oxygen atoms in total. The lowest BCUT2D eigenvalue weighted by Crippen LogP contribution is -2.48. The molecule has 0 N–H and O–H groups in total. The highest BCUT2D eigenvalue weighted by molar-refractivity contribution is 6.31. The molecular weight excluding hydrogens is 436 g/mol. The van der Waals surface area contributed by atoms with Crippen molar-refractivity contribution in [2.75, 3.05) is 38.6 Å². The number of nitrogens with zero attached hydrogens (tertiary/aromatic N) is 4. The van der Waals surface area contributed by atoms with Gasteiger partial charge in [-0.3, -0.25) is 9.59 Å². The standard InChI is InChI=1S/C26H29ClN4O2/c1-28(2)13-14-30-17-22(21-8-7-19(27)16-24(21)30)26(33)29-11-9-20(10-12-29)31-23-6-4-3-5-18(23)15-25(31)32/h3-8,16-17,20H,9-15H2,1-2H3. The molecule has 2 aliphatic rings. The molecule has 0 unspecified atom stereocenters. The van der Waals surface area contributed by atoms with Gasteiger partial charge in [-0.1, -0.05) is 35.9 Å². The van der Waals surface area contributed by atoms with Crippen LogP contribution >= 0.6 is 11.6 Å². The molecule has 7 heteroatoms. The van der Waals surface area contributed by atoms with Crippen molar-refractivity contribution < 1.29 is 9.59 Å². The van der Waals surface area contributed by atoms with Gasteiger partial charge in [0.05, 0.1) is 17.5 Å². The molecule has 1 saturated heterocycles. The van der Waals surface area contributed by atoms with Gasteiger partial charge in [0.1, 0.15) is 0 Å². The summed E-state index contributed by atoms with van der Waals surface area (Å²) in [5.41, 5.74) is 3.85. The number of likely N-dealkylation sites (tertiary alicyclic amines) is 1. The van der Waals surface area contributed by atoms with Crippen LogP contribution in [0.25, 0.3) is 10.9 Å². The topological polar surface area (TPSA) is 48.8 Å². The minimum Gasteiger partial charge on any atom is -0.345 e. The lowest BCUT2D eigenvalue weighted by molar-refractivity contribution is -0.118. The molecule has 3 aromatic rings. The Hall–Kier alpha value is -2.83. The number of piperidine rings is 1. The SMILES string of the molecule is CN(C)CCn1cc(C(=O)N2CCC(N3C(=O)Cc4ccccc43)CC2)c2ccc(Cl)cc21. The van der Waals surface area contributed by atoms with E-state index in [9.17, 15) is 9.59 Å². The monoisotopic (exact) mass is 464 g/mol. The van der Waals surface area contributed by atoms with Gasteiger partial charge in [0.25, 0.3) is 5.91 Å². The van der Waals surface area contributed by atoms with Crippen molar-refractivity contribution in [1.29, 1.82) is 0 Å². The molecule has 5 rings (SSSR count). The van der Waals surface area contributed by atoms with Crippen LogP contribution in [0.4, 0.5) is 5.69 Å². The predicted octanol–water partition coefficient (Wildman–Crippen LogP) is 4.05. The van der Waals surface area contributed by atoms with Gasteiger partial charge < -0.3 is 19.3 Å². The molecule has 0 spiro atoms. The highest BCUT2D eigenvalue weighted by atomic mass is 35.5. The summed E-state index contributed by atoms with van der Waals surface area (Å²) in [7, 11) is 4.08. The van der Waals surface area contributed by atoms with Crippen molar-refractivity contribution in [3.05, 3.63) is 64.8 Å². The minimum atomic E-state index is 0.0533. The van der Waals surface area contributed by atoms with Gasteiger partial charge in [0.15, 0.2) is 0 Å². The summed E-state index contributed by atoms with van der Waals surface area (Å²) in [6, 6.07) is 13.9. The first-order valence-corrected chi connectivity index (χ1v) is 11.9. The average Bonchev–Trinajstić information content (AvgIpc) is 3.33. The molecule has 0 bridgehead atoms. The van der Waals surface area contributed by atoms with Crippen LogP contribution in [-0.2, 0) is 17.8 Å². The zero-order chi connectivity index (χ0) is 23.1. The van der Waals surface area contributed by atoms with Crippen LogP contribution in [0.2, 0.25) is 5.02 Å². The first kappa shape index (κ1) is 22.0. The second-order valence-corrected chi connectivity index (χ2v) is 9.73. The summed E-state index contributed by atoms with van der Waals surface area (Å²) >= 11 is 6.27. The van der Waals surface area contributed by atoms with E-state index in [0.717, 1.165) is 53.6 Å². The highest BCUT2D eigenvalue weighted by Gasteiger charge is 2.35. The Bertz CT molecular complexity index is 1210. The lowest BCUT2D eigenvalue weighted by atomic mass is 10.0. The third-order valence-corrected chi connectivity index (χ3v) is 7.08. The van der Waals surface area contributed by atoms with E-state index >= 15 is 0 Å². The number of anilines is 1. The quantitative estimate of drug-likeness (QED) is 0.572. The van der Waals surface area contributed by atoms with Crippen LogP contribution in [0.5, 0.6) is 0 Å². The summed E-state index contributed by atoms with van der Waals surface area (Å²) in [6.45, 7) is 2.96. The molecule has 2 aliphatic heterocycles. The van der Waals surface area contributed by atoms with Gasteiger partial charge in [-0.2, -0.15) is 0 Å². The zero-order valence-corrected chi connectivity index (χ0v) is 19.9. The Morgan fingerprint density at radius 1 is 1.12 bits per heavy atom. The lowest BCUT2D eigenvalue weighted by Gasteiger charge is -2.37. The molecule has 0 aliphatic carbocycles. The van der Waals surface area contributed by atoms with Gasteiger partial charge in [-0.25, -0.2) is 0 Å². The van der Waals surface area contributed by atoms with Gasteiger partial charge >= 0.3 is 0 Å². The summed E-state index contributed by atoms with van der Waals surface area (Å²) in [4.78, 5) is 32.2. The number of carbonyl (C=O) groups is 2. The first-order chi connectivity index (χ1) is 15.9. The van der Waals surface area contributed by atoms with Gasteiger partial charge in [-0.15, -0.1) is 0 Å². The summed E-state index contributed by atoms with van der Waals surface area (Å²) in [6.07, 6.45) is 4.03. The van der Waals surface area contributed by atoms with E-state index < -0.39 is 0 Å². The number of hydrogen-bond donors (Lipinski definition) is 0. The molecule has 2 amide bonds. The Labute approximate surface area is 199 Å². The van der Waals surface area contributed by atoms with Gasteiger partial charge in [-0.05, 0) is 50.7 Å². The van der Waals surface area contributed by atoms with E-state index in [2.05, 4.69) is 9.47 Å². The Balaban J connectivity index is 1.34. The van der Waals surface area contributed by atoms with Crippen LogP contribution in [0.3, 0.4) is 0 Å². The van der Waals surface area contributed by atoms with Crippen LogP contribution in [0.1, 0.15) is 28.8 Å². The smallest absolute Gasteiger partial charge is 0.256 e. The molecule has 0 atom stereocenters. The van der Waals surface area contributed by atoms with Crippen LogP contribution < -0.4 is 4.90 Å². The van der Waals surface area contributed by atoms with Crippen LogP contribution in [0, 0.1) is 0 Å². The van der Waals surface area contributed by atoms with Crippen molar-refractivity contribution in [1.82, 2.24) is 14.4 Å². The molecule has 172 valence electrons. The van der Waals surface area contributed by atoms with Crippen LogP contribution in [0.15, 0.2) is 48.7 Å². The van der Waals surface area contributed by atoms with E-state index in [1.807, 2.05) is 72.6 Å². The number of fused-ring (bicyclic) bond motifs is 2. The fourth-order valence-electron chi connectivity index (χ4n) is 5.10. The number of aromatic nitrogens is 1. The predicted molar refractivity (Wildman–Crippen MR) is 132 cm³/mol. The van der Waals surface area contributed by atoms with E-state index in [1.165, 1.54) is 0 Å². The maximum atomic E-state index is 13.5. The maximum absolute atomic E-state index is 13.5. The van der Waals surface area contributed by atoms with Crippen molar-refractivity contribution in [2.45, 2.75) is 31.8 Å². The fraction of sp³-hybridized carbons (Fsp3) is 0.385. The van der Waals surface area contributed by atoms with E-state index in [1.54, 1.807) is 0 Å². The summed E-state index contributed by atoms with van der Waals surface area (Å²) < 4.78 is 2.13. The second-order valence-electron chi connectivity index (χ2n) is 9.29. The number of halogens is 1. The number of para-hydroxylation sites is 1. The number of carbonyl (C=O) groups excluding carboxylic acids is 2. The number of hydrogen-bond acceptors (Lipinski definition) is 3. The van der Waals surface area contributed by atoms with E-state index in [4.69, 9.17) is 11.6 Å². The van der Waals surface area contributed by atoms with Crippen molar-refractivity contribution >= 4 is 40.0 Å². The number of benzene rings is 2. The molecule has 0 radical (unpaired) electrons. The maximum Gasteiger partial charge on any atom is 0.256 e. The average molecular weight is 465 g/mol. The highest BCUT2D eigenvalue weighted by Crippen LogP contribution is 2.34. The third kappa shape index (κ3) is 4.13. The molecular formula is C26H29ClN4O2. The zero-order valence-electron chi connectivity index (χ0n) is 19.1. The number of rotatable bonds is 5. The first-order valence-electron chi connectivity index (χ1n) is 11.5. The number of amides is 2. The molecule has 2 aromatic carbocycles. The molecule has 1 aromatic heterocycles. The largest absolute Gasteiger partial charge is 0.345 e. The van der Waals surface area contributed by atoms with Gasteiger partial charge in [0.2, 0.25) is 5.91 Å². The Kier molecular flexibility index (Phi) is 5.89. The van der Waals surface area contributed by atoms with Crippen molar-refractivity contribution in [3.63, 3.8) is 0 Å². The molecule has 33 heavy (non-hydrogen) atoms. The summed E-state index contributed by atoms with van der Waals surface area (Å²) in [5.74, 6) is 0.222. The van der Waals surface area contributed by atoms with Gasteiger partial charge in [0, 0.05) is 54.5 Å². The van der Waals surface area contributed by atoms with Crippen molar-refractivity contribution in [3.8, 4) is 0 Å². The Morgan fingerprint density at radius 2 is 1.88 bits per heavy atom. The van der Waals surface area contributed by atoms with E-state index in [0.29, 0.717) is 24.5 Å². The second kappa shape index (κ2) is 8.84. The van der Waals surface area contributed by atoms with E-state index in [-0.39, 0.29) is 17.9 Å². The fourth-order valence-corrected chi connectivity index (χ4v) is 5.27. The van der Waals surface area contributed by atoms with Crippen LogP contribution in [-0.4, -0.2) is 66.0 Å². The molecule has 0 saturated carbocycles. The minimum absolute atomic E-state index is 0.0533. The Morgan fingerprint density at radius 3 is 2.64 bits per heavy atom.